The van der Waals surface area contributed by atoms with E-state index in [9.17, 15) is 0 Å². The van der Waals surface area contributed by atoms with E-state index in [0.717, 1.165) is 30.7 Å². The second kappa shape index (κ2) is 8.76. The Hall–Kier alpha value is -1.28. The summed E-state index contributed by atoms with van der Waals surface area (Å²) in [6.45, 7) is 9.57. The number of nitrogens with one attached hydrogen (secondary N) is 1. The molecule has 1 aromatic carbocycles. The summed E-state index contributed by atoms with van der Waals surface area (Å²) in [5.41, 5.74) is 1.15. The van der Waals surface area contributed by atoms with Crippen molar-refractivity contribution in [3.63, 3.8) is 0 Å². The SMILES string of the molecule is CC=Cc1ccccc1OC(C)CCCNC(C)C. The lowest BCUT2D eigenvalue weighted by Crippen LogP contribution is -2.25. The largest absolute Gasteiger partial charge is 0.490 e. The van der Waals surface area contributed by atoms with Crippen molar-refractivity contribution in [2.45, 2.75) is 52.7 Å². The Morgan fingerprint density at radius 2 is 1.95 bits per heavy atom. The first-order chi connectivity index (χ1) is 9.13. The zero-order chi connectivity index (χ0) is 14.1. The summed E-state index contributed by atoms with van der Waals surface area (Å²) in [4.78, 5) is 0. The Morgan fingerprint density at radius 3 is 2.63 bits per heavy atom. The maximum absolute atomic E-state index is 6.03. The van der Waals surface area contributed by atoms with Crippen molar-refractivity contribution in [1.29, 1.82) is 0 Å². The summed E-state index contributed by atoms with van der Waals surface area (Å²) in [7, 11) is 0. The van der Waals surface area contributed by atoms with E-state index >= 15 is 0 Å². The van der Waals surface area contributed by atoms with Crippen LogP contribution in [0.5, 0.6) is 5.75 Å². The monoisotopic (exact) mass is 261 g/mol. The van der Waals surface area contributed by atoms with Gasteiger partial charge in [0.05, 0.1) is 6.10 Å². The highest BCUT2D eigenvalue weighted by Gasteiger charge is 2.06. The fraction of sp³-hybridized carbons (Fsp3) is 0.529. The van der Waals surface area contributed by atoms with Crippen LogP contribution in [0, 0.1) is 0 Å². The Morgan fingerprint density at radius 1 is 1.21 bits per heavy atom. The minimum Gasteiger partial charge on any atom is -0.490 e. The molecule has 0 radical (unpaired) electrons. The molecule has 0 saturated carbocycles. The first kappa shape index (κ1) is 15.8. The maximum Gasteiger partial charge on any atom is 0.126 e. The van der Waals surface area contributed by atoms with Gasteiger partial charge in [0.15, 0.2) is 0 Å². The quantitative estimate of drug-likeness (QED) is 0.706. The van der Waals surface area contributed by atoms with Crippen LogP contribution >= 0.6 is 0 Å². The number of allylic oxidation sites excluding steroid dienone is 1. The van der Waals surface area contributed by atoms with Gasteiger partial charge in [-0.2, -0.15) is 0 Å². The molecular formula is C17H27NO. The van der Waals surface area contributed by atoms with E-state index in [2.05, 4.69) is 38.2 Å². The normalized spacial score (nSPS) is 13.1. The number of benzene rings is 1. The third kappa shape index (κ3) is 6.44. The van der Waals surface area contributed by atoms with Gasteiger partial charge in [-0.1, -0.05) is 44.2 Å². The Balaban J connectivity index is 2.41. The average molecular weight is 261 g/mol. The highest BCUT2D eigenvalue weighted by molar-refractivity contribution is 5.56. The van der Waals surface area contributed by atoms with Crippen molar-refractivity contribution in [1.82, 2.24) is 5.32 Å². The van der Waals surface area contributed by atoms with Crippen LogP contribution in [0.3, 0.4) is 0 Å². The molecule has 1 atom stereocenters. The molecule has 0 aromatic heterocycles. The van der Waals surface area contributed by atoms with E-state index < -0.39 is 0 Å². The number of rotatable bonds is 8. The van der Waals surface area contributed by atoms with Crippen LogP contribution in [0.15, 0.2) is 30.3 Å². The van der Waals surface area contributed by atoms with Crippen LogP contribution in [-0.2, 0) is 0 Å². The molecule has 0 saturated heterocycles. The zero-order valence-corrected chi connectivity index (χ0v) is 12.6. The first-order valence-corrected chi connectivity index (χ1v) is 7.25. The molecule has 0 fully saturated rings. The second-order valence-corrected chi connectivity index (χ2v) is 5.22. The van der Waals surface area contributed by atoms with E-state index in [4.69, 9.17) is 4.74 Å². The number of ether oxygens (including phenoxy) is 1. The van der Waals surface area contributed by atoms with Gasteiger partial charge in [0.2, 0.25) is 0 Å². The molecule has 0 spiro atoms. The highest BCUT2D eigenvalue weighted by Crippen LogP contribution is 2.21. The summed E-state index contributed by atoms with van der Waals surface area (Å²) in [5.74, 6) is 0.977. The molecule has 0 bridgehead atoms. The lowest BCUT2D eigenvalue weighted by atomic mass is 10.1. The topological polar surface area (TPSA) is 21.3 Å². The summed E-state index contributed by atoms with van der Waals surface area (Å²) in [6.07, 6.45) is 6.59. The van der Waals surface area contributed by atoms with Crippen molar-refractivity contribution in [2.24, 2.45) is 0 Å². The molecule has 2 nitrogen and oxygen atoms in total. The molecular weight excluding hydrogens is 234 g/mol. The first-order valence-electron chi connectivity index (χ1n) is 7.25. The van der Waals surface area contributed by atoms with Crippen LogP contribution in [0.1, 0.15) is 46.1 Å². The van der Waals surface area contributed by atoms with Crippen LogP contribution in [0.4, 0.5) is 0 Å². The molecule has 0 amide bonds. The average Bonchev–Trinajstić information content (AvgIpc) is 2.37. The lowest BCUT2D eigenvalue weighted by Gasteiger charge is -2.17. The van der Waals surface area contributed by atoms with Crippen LogP contribution in [0.2, 0.25) is 0 Å². The summed E-state index contributed by atoms with van der Waals surface area (Å²) in [5, 5.41) is 3.43. The van der Waals surface area contributed by atoms with Crippen LogP contribution < -0.4 is 10.1 Å². The smallest absolute Gasteiger partial charge is 0.126 e. The van der Waals surface area contributed by atoms with Gasteiger partial charge in [0.1, 0.15) is 5.75 Å². The molecule has 106 valence electrons. The van der Waals surface area contributed by atoms with Gasteiger partial charge in [-0.25, -0.2) is 0 Å². The Bertz CT molecular complexity index is 385. The van der Waals surface area contributed by atoms with E-state index in [0.29, 0.717) is 6.04 Å². The second-order valence-electron chi connectivity index (χ2n) is 5.22. The molecule has 1 aromatic rings. The zero-order valence-electron chi connectivity index (χ0n) is 12.6. The summed E-state index contributed by atoms with van der Waals surface area (Å²) >= 11 is 0. The number of para-hydroxylation sites is 1. The minimum atomic E-state index is 0.250. The maximum atomic E-state index is 6.03. The third-order valence-corrected chi connectivity index (χ3v) is 2.93. The van der Waals surface area contributed by atoms with Gasteiger partial charge in [-0.3, -0.25) is 0 Å². The van der Waals surface area contributed by atoms with Crippen molar-refractivity contribution < 1.29 is 4.74 Å². The number of hydrogen-bond acceptors (Lipinski definition) is 2. The lowest BCUT2D eigenvalue weighted by molar-refractivity contribution is 0.206. The van der Waals surface area contributed by atoms with Crippen molar-refractivity contribution >= 4 is 6.08 Å². The predicted molar refractivity (Wildman–Crippen MR) is 83.6 cm³/mol. The summed E-state index contributed by atoms with van der Waals surface area (Å²) < 4.78 is 6.03. The van der Waals surface area contributed by atoms with Crippen molar-refractivity contribution in [3.05, 3.63) is 35.9 Å². The predicted octanol–water partition coefficient (Wildman–Crippen LogP) is 4.27. The highest BCUT2D eigenvalue weighted by atomic mass is 16.5. The fourth-order valence-electron chi connectivity index (χ4n) is 1.96. The minimum absolute atomic E-state index is 0.250. The molecule has 0 aliphatic rings. The summed E-state index contributed by atoms with van der Waals surface area (Å²) in [6, 6.07) is 8.75. The number of hydrogen-bond donors (Lipinski definition) is 1. The van der Waals surface area contributed by atoms with Crippen molar-refractivity contribution in [2.75, 3.05) is 6.54 Å². The molecule has 0 aliphatic heterocycles. The van der Waals surface area contributed by atoms with Gasteiger partial charge in [-0.15, -0.1) is 0 Å². The van der Waals surface area contributed by atoms with Crippen LogP contribution in [-0.4, -0.2) is 18.7 Å². The molecule has 1 rings (SSSR count). The Labute approximate surface area is 117 Å². The third-order valence-electron chi connectivity index (χ3n) is 2.93. The van der Waals surface area contributed by atoms with Gasteiger partial charge >= 0.3 is 0 Å². The molecule has 0 aliphatic carbocycles. The van der Waals surface area contributed by atoms with Crippen LogP contribution in [0.25, 0.3) is 6.08 Å². The molecule has 2 heteroatoms. The molecule has 19 heavy (non-hydrogen) atoms. The fourth-order valence-corrected chi connectivity index (χ4v) is 1.96. The van der Waals surface area contributed by atoms with E-state index in [-0.39, 0.29) is 6.10 Å². The Kier molecular flexibility index (Phi) is 7.27. The van der Waals surface area contributed by atoms with Gasteiger partial charge in [0.25, 0.3) is 0 Å². The van der Waals surface area contributed by atoms with Gasteiger partial charge in [-0.05, 0) is 39.3 Å². The molecule has 0 heterocycles. The van der Waals surface area contributed by atoms with Gasteiger partial charge in [0, 0.05) is 11.6 Å². The molecule has 1 unspecified atom stereocenters. The van der Waals surface area contributed by atoms with E-state index in [1.807, 2.05) is 31.2 Å². The van der Waals surface area contributed by atoms with E-state index in [1.165, 1.54) is 0 Å². The van der Waals surface area contributed by atoms with Crippen molar-refractivity contribution in [3.8, 4) is 5.75 Å². The van der Waals surface area contributed by atoms with E-state index in [1.54, 1.807) is 0 Å². The standard InChI is InChI=1S/C17H27NO/c1-5-9-16-11-6-7-12-17(16)19-15(4)10-8-13-18-14(2)3/h5-7,9,11-12,14-15,18H,8,10,13H2,1-4H3. The molecule has 1 N–H and O–H groups in total. The van der Waals surface area contributed by atoms with Gasteiger partial charge < -0.3 is 10.1 Å².